The molecule has 84 valence electrons. The van der Waals surface area contributed by atoms with E-state index in [0.717, 1.165) is 11.4 Å². The van der Waals surface area contributed by atoms with E-state index in [0.29, 0.717) is 5.88 Å². The molecule has 0 aliphatic carbocycles. The number of hydrogen-bond donors (Lipinski definition) is 0. The molecule has 0 spiro atoms. The van der Waals surface area contributed by atoms with Crippen LogP contribution in [0.2, 0.25) is 0 Å². The van der Waals surface area contributed by atoms with Gasteiger partial charge in [0.15, 0.2) is 0 Å². The van der Waals surface area contributed by atoms with E-state index >= 15 is 0 Å². The first kappa shape index (κ1) is 11.2. The summed E-state index contributed by atoms with van der Waals surface area (Å²) in [7, 11) is 1.95. The number of benzene rings is 1. The first-order valence-corrected chi connectivity index (χ1v) is 5.82. The van der Waals surface area contributed by atoms with E-state index in [1.54, 1.807) is 0 Å². The molecule has 0 atom stereocenters. The fourth-order valence-electron chi connectivity index (χ4n) is 1.86. The highest BCUT2D eigenvalue weighted by Gasteiger charge is 2.09. The van der Waals surface area contributed by atoms with E-state index in [1.807, 2.05) is 11.7 Å². The summed E-state index contributed by atoms with van der Waals surface area (Å²) in [6.45, 7) is 4.21. The molecule has 0 radical (unpaired) electrons. The summed E-state index contributed by atoms with van der Waals surface area (Å²) in [5.74, 6) is 0.457. The second-order valence-electron chi connectivity index (χ2n) is 4.10. The van der Waals surface area contributed by atoms with E-state index in [-0.39, 0.29) is 0 Å². The summed E-state index contributed by atoms with van der Waals surface area (Å²) in [6.07, 6.45) is 0. The number of halogens is 1. The van der Waals surface area contributed by atoms with Gasteiger partial charge in [0.1, 0.15) is 0 Å². The van der Waals surface area contributed by atoms with E-state index in [4.69, 9.17) is 11.6 Å². The van der Waals surface area contributed by atoms with Gasteiger partial charge in [-0.1, -0.05) is 17.7 Å². The molecular weight excluding hydrogens is 220 g/mol. The summed E-state index contributed by atoms with van der Waals surface area (Å²) in [4.78, 5) is 0. The van der Waals surface area contributed by atoms with Crippen LogP contribution in [0.4, 0.5) is 0 Å². The Morgan fingerprint density at radius 1 is 1.25 bits per heavy atom. The van der Waals surface area contributed by atoms with Crippen molar-refractivity contribution in [2.24, 2.45) is 7.05 Å². The number of rotatable bonds is 2. The molecule has 1 aromatic heterocycles. The number of aromatic nitrogens is 2. The maximum atomic E-state index is 5.79. The highest BCUT2D eigenvalue weighted by atomic mass is 35.5. The molecular formula is C13H15ClN2. The van der Waals surface area contributed by atoms with Gasteiger partial charge in [-0.15, -0.1) is 11.6 Å². The Bertz CT molecular complexity index is 515. The molecule has 0 fully saturated rings. The van der Waals surface area contributed by atoms with Gasteiger partial charge in [0, 0.05) is 12.6 Å². The SMILES string of the molecule is Cc1ccc(C)c(-c2cc(CCl)nn2C)c1. The van der Waals surface area contributed by atoms with Crippen molar-refractivity contribution in [1.82, 2.24) is 9.78 Å². The minimum Gasteiger partial charge on any atom is -0.268 e. The summed E-state index contributed by atoms with van der Waals surface area (Å²) in [6, 6.07) is 8.49. The first-order valence-electron chi connectivity index (χ1n) is 5.28. The Kier molecular flexibility index (Phi) is 3.01. The Balaban J connectivity index is 2.57. The standard InChI is InChI=1S/C13H15ClN2/c1-9-4-5-10(2)12(6-9)13-7-11(8-14)15-16(13)3/h4-7H,8H2,1-3H3. The predicted octanol–water partition coefficient (Wildman–Crippen LogP) is 3.44. The largest absolute Gasteiger partial charge is 0.268 e. The van der Waals surface area contributed by atoms with Gasteiger partial charge < -0.3 is 0 Å². The van der Waals surface area contributed by atoms with E-state index in [1.165, 1.54) is 16.7 Å². The number of nitrogens with zero attached hydrogens (tertiary/aromatic N) is 2. The minimum absolute atomic E-state index is 0.457. The van der Waals surface area contributed by atoms with E-state index in [2.05, 4.69) is 43.2 Å². The lowest BCUT2D eigenvalue weighted by molar-refractivity contribution is 0.761. The van der Waals surface area contributed by atoms with E-state index in [9.17, 15) is 0 Å². The van der Waals surface area contributed by atoms with Crippen molar-refractivity contribution in [3.63, 3.8) is 0 Å². The third-order valence-electron chi connectivity index (χ3n) is 2.74. The van der Waals surface area contributed by atoms with Crippen molar-refractivity contribution < 1.29 is 0 Å². The van der Waals surface area contributed by atoms with Crippen LogP contribution in [0.1, 0.15) is 16.8 Å². The smallest absolute Gasteiger partial charge is 0.0778 e. The lowest BCUT2D eigenvalue weighted by Crippen LogP contribution is -1.95. The zero-order chi connectivity index (χ0) is 11.7. The molecule has 0 bridgehead atoms. The van der Waals surface area contributed by atoms with Gasteiger partial charge in [0.05, 0.1) is 17.3 Å². The third kappa shape index (κ3) is 1.98. The average molecular weight is 235 g/mol. The van der Waals surface area contributed by atoms with Crippen LogP contribution in [0, 0.1) is 13.8 Å². The third-order valence-corrected chi connectivity index (χ3v) is 3.01. The number of hydrogen-bond acceptors (Lipinski definition) is 1. The van der Waals surface area contributed by atoms with Crippen molar-refractivity contribution in [3.8, 4) is 11.3 Å². The van der Waals surface area contributed by atoms with Gasteiger partial charge in [0.2, 0.25) is 0 Å². The normalized spacial score (nSPS) is 10.8. The van der Waals surface area contributed by atoms with Crippen LogP contribution in [0.5, 0.6) is 0 Å². The molecule has 1 heterocycles. The molecule has 2 aromatic rings. The maximum Gasteiger partial charge on any atom is 0.0778 e. The van der Waals surface area contributed by atoms with Crippen molar-refractivity contribution >= 4 is 11.6 Å². The van der Waals surface area contributed by atoms with Crippen LogP contribution < -0.4 is 0 Å². The number of aryl methyl sites for hydroxylation is 3. The van der Waals surface area contributed by atoms with Crippen LogP contribution in [-0.2, 0) is 12.9 Å². The van der Waals surface area contributed by atoms with Crippen molar-refractivity contribution in [1.29, 1.82) is 0 Å². The summed E-state index contributed by atoms with van der Waals surface area (Å²) in [5, 5.41) is 4.36. The molecule has 0 N–H and O–H groups in total. The van der Waals surface area contributed by atoms with Gasteiger partial charge in [-0.2, -0.15) is 5.10 Å². The van der Waals surface area contributed by atoms with Crippen molar-refractivity contribution in [3.05, 3.63) is 41.1 Å². The quantitative estimate of drug-likeness (QED) is 0.728. The van der Waals surface area contributed by atoms with Crippen molar-refractivity contribution in [2.45, 2.75) is 19.7 Å². The molecule has 0 saturated carbocycles. The number of alkyl halides is 1. The highest BCUT2D eigenvalue weighted by Crippen LogP contribution is 2.25. The second kappa shape index (κ2) is 4.30. The van der Waals surface area contributed by atoms with Crippen LogP contribution in [0.15, 0.2) is 24.3 Å². The average Bonchev–Trinajstić information content (AvgIpc) is 2.63. The summed E-state index contributed by atoms with van der Waals surface area (Å²) in [5.41, 5.74) is 5.78. The fourth-order valence-corrected chi connectivity index (χ4v) is 1.99. The Morgan fingerprint density at radius 2 is 2.00 bits per heavy atom. The van der Waals surface area contributed by atoms with Crippen molar-refractivity contribution in [2.75, 3.05) is 0 Å². The minimum atomic E-state index is 0.457. The van der Waals surface area contributed by atoms with Gasteiger partial charge >= 0.3 is 0 Å². The highest BCUT2D eigenvalue weighted by molar-refractivity contribution is 6.16. The first-order chi connectivity index (χ1) is 7.61. The lowest BCUT2D eigenvalue weighted by Gasteiger charge is -2.07. The molecule has 16 heavy (non-hydrogen) atoms. The zero-order valence-electron chi connectivity index (χ0n) is 9.79. The van der Waals surface area contributed by atoms with Crippen LogP contribution in [0.25, 0.3) is 11.3 Å². The monoisotopic (exact) mass is 234 g/mol. The molecule has 2 nitrogen and oxygen atoms in total. The molecule has 0 amide bonds. The van der Waals surface area contributed by atoms with Crippen LogP contribution in [-0.4, -0.2) is 9.78 Å². The Hall–Kier alpha value is -1.28. The Morgan fingerprint density at radius 3 is 2.62 bits per heavy atom. The fraction of sp³-hybridized carbons (Fsp3) is 0.308. The topological polar surface area (TPSA) is 17.8 Å². The lowest BCUT2D eigenvalue weighted by atomic mass is 10.0. The second-order valence-corrected chi connectivity index (χ2v) is 4.36. The molecule has 1 aromatic carbocycles. The van der Waals surface area contributed by atoms with Gasteiger partial charge in [0.25, 0.3) is 0 Å². The van der Waals surface area contributed by atoms with Crippen LogP contribution >= 0.6 is 11.6 Å². The maximum absolute atomic E-state index is 5.79. The molecule has 0 aliphatic rings. The molecule has 0 aliphatic heterocycles. The Labute approximate surface area is 101 Å². The molecule has 3 heteroatoms. The van der Waals surface area contributed by atoms with Crippen LogP contribution in [0.3, 0.4) is 0 Å². The molecule has 2 rings (SSSR count). The van der Waals surface area contributed by atoms with Gasteiger partial charge in [-0.05, 0) is 31.5 Å². The summed E-state index contributed by atoms with van der Waals surface area (Å²) >= 11 is 5.79. The predicted molar refractivity (Wildman–Crippen MR) is 67.7 cm³/mol. The molecule has 0 saturated heterocycles. The molecule has 0 unspecified atom stereocenters. The van der Waals surface area contributed by atoms with Gasteiger partial charge in [-0.25, -0.2) is 0 Å². The van der Waals surface area contributed by atoms with Gasteiger partial charge in [-0.3, -0.25) is 4.68 Å². The zero-order valence-corrected chi connectivity index (χ0v) is 10.5. The van der Waals surface area contributed by atoms with E-state index < -0.39 is 0 Å². The summed E-state index contributed by atoms with van der Waals surface area (Å²) < 4.78 is 1.89.